The van der Waals surface area contributed by atoms with Crippen LogP contribution in [0.15, 0.2) is 73.6 Å². The van der Waals surface area contributed by atoms with E-state index in [1.54, 1.807) is 20.4 Å². The van der Waals surface area contributed by atoms with Crippen molar-refractivity contribution in [3.63, 3.8) is 0 Å². The number of benzene rings is 2. The minimum absolute atomic E-state index is 0.178. The highest BCUT2D eigenvalue weighted by Crippen LogP contribution is 2.42. The summed E-state index contributed by atoms with van der Waals surface area (Å²) in [6.45, 7) is 8.14. The summed E-state index contributed by atoms with van der Waals surface area (Å²) in [5, 5.41) is 13.3. The van der Waals surface area contributed by atoms with Gasteiger partial charge in [0, 0.05) is 35.8 Å². The molecule has 2 bridgehead atoms. The summed E-state index contributed by atoms with van der Waals surface area (Å²) in [5.74, 6) is 2.89. The Labute approximate surface area is 218 Å². The van der Waals surface area contributed by atoms with E-state index >= 15 is 0 Å². The normalized spacial score (nSPS) is 23.2. The first-order valence-electron chi connectivity index (χ1n) is 12.9. The van der Waals surface area contributed by atoms with Crippen molar-refractivity contribution in [3.05, 3.63) is 84.7 Å². The van der Waals surface area contributed by atoms with Crippen LogP contribution in [0, 0.1) is 18.8 Å². The second-order valence-electron chi connectivity index (χ2n) is 9.99. The van der Waals surface area contributed by atoms with Crippen LogP contribution in [-0.2, 0) is 0 Å². The lowest BCUT2D eigenvalue weighted by molar-refractivity contribution is -0.0444. The molecule has 3 aliphatic heterocycles. The molecule has 4 aromatic rings. The second kappa shape index (κ2) is 10.9. The summed E-state index contributed by atoms with van der Waals surface area (Å²) in [6.07, 6.45) is 7.44. The highest BCUT2D eigenvalue weighted by atomic mass is 16.5. The van der Waals surface area contributed by atoms with Gasteiger partial charge in [-0.25, -0.2) is 0 Å². The molecular weight excluding hydrogens is 462 g/mol. The van der Waals surface area contributed by atoms with Crippen molar-refractivity contribution < 1.29 is 14.6 Å². The number of hydrogen-bond donors (Lipinski definition) is 1. The van der Waals surface area contributed by atoms with Gasteiger partial charge in [-0.15, -0.1) is 6.58 Å². The van der Waals surface area contributed by atoms with Crippen LogP contribution in [0.4, 0.5) is 0 Å². The Bertz CT molecular complexity index is 1410. The molecule has 6 nitrogen and oxygen atoms in total. The predicted octanol–water partition coefficient (Wildman–Crippen LogP) is 5.73. The van der Waals surface area contributed by atoms with Crippen LogP contribution in [0.1, 0.15) is 30.1 Å². The van der Waals surface area contributed by atoms with E-state index < -0.39 is 6.10 Å². The molecule has 0 radical (unpaired) electrons. The number of rotatable bonds is 5. The third-order valence-electron chi connectivity index (χ3n) is 7.99. The molecule has 5 atom stereocenters. The van der Waals surface area contributed by atoms with E-state index in [1.165, 1.54) is 12.0 Å². The molecule has 0 aliphatic carbocycles. The zero-order chi connectivity index (χ0) is 25.9. The number of hydrogen-bond acceptors (Lipinski definition) is 6. The van der Waals surface area contributed by atoms with E-state index in [4.69, 9.17) is 9.47 Å². The van der Waals surface area contributed by atoms with Crippen molar-refractivity contribution >= 4 is 21.8 Å². The number of ether oxygens (including phenoxy) is 2. The number of fused-ring (bicyclic) bond motifs is 5. The van der Waals surface area contributed by atoms with Gasteiger partial charge in [0.25, 0.3) is 0 Å². The fourth-order valence-corrected chi connectivity index (χ4v) is 5.83. The van der Waals surface area contributed by atoms with E-state index in [0.717, 1.165) is 58.4 Å². The highest BCUT2D eigenvalue weighted by molar-refractivity contribution is 5.84. The van der Waals surface area contributed by atoms with Crippen LogP contribution >= 0.6 is 0 Å². The molecule has 192 valence electrons. The molecular formula is C31H35N3O3. The Kier molecular flexibility index (Phi) is 7.40. The lowest BCUT2D eigenvalue weighted by Gasteiger charge is -2.50. The molecule has 0 amide bonds. The Balaban J connectivity index is 0.000000182. The molecule has 2 aromatic heterocycles. The van der Waals surface area contributed by atoms with Crippen molar-refractivity contribution in [2.45, 2.75) is 31.9 Å². The topological polar surface area (TPSA) is 67.7 Å². The molecule has 37 heavy (non-hydrogen) atoms. The smallest absolute Gasteiger partial charge is 0.119 e. The van der Waals surface area contributed by atoms with Crippen LogP contribution in [0.5, 0.6) is 11.5 Å². The number of aliphatic hydroxyl groups is 1. The number of aryl methyl sites for hydroxylation is 1. The maximum absolute atomic E-state index is 11.2. The summed E-state index contributed by atoms with van der Waals surface area (Å²) in [7, 11) is 3.34. The SMILES string of the molecule is C=CC1CN2CCC1CC2C(O)c1ccnc2ccc(OC)cc12.COc1ccc2nccc(C)c2c1. The fraction of sp³-hybridized carbons (Fsp3) is 0.355. The molecule has 5 heterocycles. The van der Waals surface area contributed by atoms with Crippen LogP contribution in [-0.4, -0.2) is 53.3 Å². The van der Waals surface area contributed by atoms with Crippen LogP contribution < -0.4 is 9.47 Å². The maximum atomic E-state index is 11.2. The highest BCUT2D eigenvalue weighted by Gasteiger charge is 2.42. The van der Waals surface area contributed by atoms with Gasteiger partial charge in [0.2, 0.25) is 0 Å². The quantitative estimate of drug-likeness (QED) is 0.356. The lowest BCUT2D eigenvalue weighted by Crippen LogP contribution is -2.54. The fourth-order valence-electron chi connectivity index (χ4n) is 5.83. The third-order valence-corrected chi connectivity index (χ3v) is 7.99. The van der Waals surface area contributed by atoms with Gasteiger partial charge in [-0.2, -0.15) is 0 Å². The van der Waals surface area contributed by atoms with E-state index in [-0.39, 0.29) is 6.04 Å². The van der Waals surface area contributed by atoms with Gasteiger partial charge in [-0.05, 0) is 97.8 Å². The Hall–Kier alpha value is -3.48. The molecule has 3 fully saturated rings. The summed E-state index contributed by atoms with van der Waals surface area (Å²) >= 11 is 0. The molecule has 1 N–H and O–H groups in total. The van der Waals surface area contributed by atoms with Crippen molar-refractivity contribution in [1.29, 1.82) is 0 Å². The van der Waals surface area contributed by atoms with Gasteiger partial charge in [0.15, 0.2) is 0 Å². The van der Waals surface area contributed by atoms with Gasteiger partial charge >= 0.3 is 0 Å². The number of nitrogens with zero attached hydrogens (tertiary/aromatic N) is 3. The average Bonchev–Trinajstić information content (AvgIpc) is 2.96. The third kappa shape index (κ3) is 5.04. The number of piperidine rings is 3. The summed E-state index contributed by atoms with van der Waals surface area (Å²) in [5.41, 5.74) is 4.09. The Morgan fingerprint density at radius 3 is 2.24 bits per heavy atom. The number of aliphatic hydroxyl groups excluding tert-OH is 1. The van der Waals surface area contributed by atoms with Crippen molar-refractivity contribution in [2.24, 2.45) is 11.8 Å². The average molecular weight is 498 g/mol. The van der Waals surface area contributed by atoms with Gasteiger partial charge in [-0.3, -0.25) is 14.9 Å². The van der Waals surface area contributed by atoms with E-state index in [0.29, 0.717) is 11.8 Å². The van der Waals surface area contributed by atoms with Gasteiger partial charge in [0.1, 0.15) is 11.5 Å². The molecule has 7 rings (SSSR count). The molecule has 3 aliphatic rings. The number of pyridine rings is 2. The summed E-state index contributed by atoms with van der Waals surface area (Å²) < 4.78 is 10.5. The molecule has 2 aromatic carbocycles. The van der Waals surface area contributed by atoms with Gasteiger partial charge < -0.3 is 14.6 Å². The monoisotopic (exact) mass is 497 g/mol. The first-order chi connectivity index (χ1) is 18.0. The van der Waals surface area contributed by atoms with Crippen LogP contribution in [0.25, 0.3) is 21.8 Å². The summed E-state index contributed by atoms with van der Waals surface area (Å²) in [4.78, 5) is 11.1. The molecule has 0 saturated carbocycles. The second-order valence-corrected chi connectivity index (χ2v) is 9.99. The Morgan fingerprint density at radius 1 is 0.973 bits per heavy atom. The van der Waals surface area contributed by atoms with Gasteiger partial charge in [-0.1, -0.05) is 6.08 Å². The largest absolute Gasteiger partial charge is 0.497 e. The predicted molar refractivity (Wildman–Crippen MR) is 148 cm³/mol. The van der Waals surface area contributed by atoms with Crippen molar-refractivity contribution in [1.82, 2.24) is 14.9 Å². The zero-order valence-corrected chi connectivity index (χ0v) is 21.8. The molecule has 5 unspecified atom stereocenters. The van der Waals surface area contributed by atoms with Crippen molar-refractivity contribution in [2.75, 3.05) is 27.3 Å². The number of aromatic nitrogens is 2. The number of methoxy groups -OCH3 is 2. The standard InChI is InChI=1S/C20H24N2O2.C11H11NO/c1-3-13-12-22-9-7-14(13)10-19(22)20(23)16-6-8-21-18-5-4-15(24-2)11-17(16)18;1-8-5-6-12-11-4-3-9(13-2)7-10(8)11/h3-6,8,11,13-14,19-20,23H,1,7,9-10,12H2,2H3;3-7H,1-2H3. The minimum Gasteiger partial charge on any atom is -0.497 e. The van der Waals surface area contributed by atoms with E-state index in [1.807, 2.05) is 54.7 Å². The van der Waals surface area contributed by atoms with E-state index in [9.17, 15) is 5.11 Å². The minimum atomic E-state index is -0.504. The van der Waals surface area contributed by atoms with Crippen molar-refractivity contribution in [3.8, 4) is 11.5 Å². The zero-order valence-electron chi connectivity index (χ0n) is 21.8. The van der Waals surface area contributed by atoms with Gasteiger partial charge in [0.05, 0.1) is 31.4 Å². The molecule has 0 spiro atoms. The molecule has 3 saturated heterocycles. The summed E-state index contributed by atoms with van der Waals surface area (Å²) in [6, 6.07) is 15.9. The van der Waals surface area contributed by atoms with E-state index in [2.05, 4.69) is 34.4 Å². The Morgan fingerprint density at radius 2 is 1.62 bits per heavy atom. The lowest BCUT2D eigenvalue weighted by atomic mass is 9.73. The first kappa shape index (κ1) is 25.2. The molecule has 6 heteroatoms. The maximum Gasteiger partial charge on any atom is 0.119 e. The van der Waals surface area contributed by atoms with Crippen LogP contribution in [0.3, 0.4) is 0 Å². The van der Waals surface area contributed by atoms with Crippen LogP contribution in [0.2, 0.25) is 0 Å². The first-order valence-corrected chi connectivity index (χ1v) is 12.9.